The third-order valence-corrected chi connectivity index (χ3v) is 0.858. The summed E-state index contributed by atoms with van der Waals surface area (Å²) in [6, 6.07) is 0. The molecule has 1 aromatic rings. The second-order valence-corrected chi connectivity index (χ2v) is 1.52. The Morgan fingerprint density at radius 1 is 1.88 bits per heavy atom. The molecule has 0 aliphatic rings. The minimum Gasteiger partial charge on any atom is -0.262 e. The number of H-pyrrole nitrogens is 1. The van der Waals surface area contributed by atoms with Crippen molar-refractivity contribution in [3.05, 3.63) is 18.3 Å². The number of hydrogen-bond acceptors (Lipinski definition) is 2. The molecule has 8 heavy (non-hydrogen) atoms. The van der Waals surface area contributed by atoms with Crippen LogP contribution in [0.15, 0.2) is 6.20 Å². The highest BCUT2D eigenvalue weighted by atomic mass is 15.3. The molecule has 3 heteroatoms. The molecule has 0 spiro atoms. The summed E-state index contributed by atoms with van der Waals surface area (Å²) in [5.74, 6) is 0. The van der Waals surface area contributed by atoms with Crippen LogP contribution in [0.2, 0.25) is 0 Å². The van der Waals surface area contributed by atoms with E-state index < -0.39 is 0 Å². The Hall–Kier alpha value is -0.860. The van der Waals surface area contributed by atoms with Crippen molar-refractivity contribution in [2.24, 2.45) is 0 Å². The van der Waals surface area contributed by atoms with E-state index in [9.17, 15) is 0 Å². The fourth-order valence-electron chi connectivity index (χ4n) is 0.525. The Bertz CT molecular complexity index is 133. The molecule has 0 aliphatic carbocycles. The van der Waals surface area contributed by atoms with Gasteiger partial charge in [-0.3, -0.25) is 5.10 Å². The first-order valence-electron chi connectivity index (χ1n) is 2.62. The first-order valence-corrected chi connectivity index (χ1v) is 2.62. The molecule has 1 aromatic heterocycles. The average Bonchev–Trinajstić information content (AvgIpc) is 2.19. The topological polar surface area (TPSA) is 41.6 Å². The van der Waals surface area contributed by atoms with Crippen molar-refractivity contribution in [3.8, 4) is 0 Å². The van der Waals surface area contributed by atoms with Gasteiger partial charge >= 0.3 is 0 Å². The summed E-state index contributed by atoms with van der Waals surface area (Å²) in [6.45, 7) is 2.07. The molecular weight excluding hydrogens is 102 g/mol. The molecule has 0 saturated carbocycles. The van der Waals surface area contributed by atoms with Crippen LogP contribution in [0.3, 0.4) is 0 Å². The first kappa shape index (κ1) is 5.28. The lowest BCUT2D eigenvalue weighted by atomic mass is 10.3. The van der Waals surface area contributed by atoms with Gasteiger partial charge in [0.15, 0.2) is 0 Å². The fraction of sp³-hybridized carbons (Fsp3) is 0.400. The summed E-state index contributed by atoms with van der Waals surface area (Å²) >= 11 is 0. The van der Waals surface area contributed by atoms with Gasteiger partial charge in [-0.1, -0.05) is 12.1 Å². The smallest absolute Gasteiger partial charge is 0.0725 e. The van der Waals surface area contributed by atoms with Crippen LogP contribution < -0.4 is 0 Å². The lowest BCUT2D eigenvalue weighted by Gasteiger charge is -1.83. The molecule has 1 radical (unpaired) electrons. The van der Waals surface area contributed by atoms with Gasteiger partial charge in [-0.2, -0.15) is 0 Å². The van der Waals surface area contributed by atoms with Gasteiger partial charge in [0.05, 0.1) is 11.9 Å². The summed E-state index contributed by atoms with van der Waals surface area (Å²) in [4.78, 5) is 0. The van der Waals surface area contributed by atoms with Crippen LogP contribution in [0.4, 0.5) is 0 Å². The van der Waals surface area contributed by atoms with E-state index in [1.54, 1.807) is 6.20 Å². The monoisotopic (exact) mass is 110 g/mol. The third-order valence-electron chi connectivity index (χ3n) is 0.858. The molecule has 1 rings (SSSR count). The van der Waals surface area contributed by atoms with Gasteiger partial charge in [-0.25, -0.2) is 0 Å². The van der Waals surface area contributed by atoms with Gasteiger partial charge in [-0.15, -0.1) is 5.10 Å². The van der Waals surface area contributed by atoms with Crippen molar-refractivity contribution >= 4 is 0 Å². The molecule has 0 saturated heterocycles. The molecule has 0 bridgehead atoms. The Balaban J connectivity index is 2.50. The number of rotatable bonds is 2. The fourth-order valence-corrected chi connectivity index (χ4v) is 0.525. The normalized spacial score (nSPS) is 9.62. The highest BCUT2D eigenvalue weighted by molar-refractivity contribution is 5.03. The summed E-state index contributed by atoms with van der Waals surface area (Å²) < 4.78 is 0. The van der Waals surface area contributed by atoms with Gasteiger partial charge in [0.25, 0.3) is 0 Å². The quantitative estimate of drug-likeness (QED) is 0.610. The Labute approximate surface area is 48.1 Å². The van der Waals surface area contributed by atoms with E-state index in [1.807, 2.05) is 6.42 Å². The van der Waals surface area contributed by atoms with Gasteiger partial charge in [0, 0.05) is 6.42 Å². The molecule has 43 valence electrons. The number of aromatic nitrogens is 3. The largest absolute Gasteiger partial charge is 0.262 e. The van der Waals surface area contributed by atoms with Crippen LogP contribution in [-0.2, 0) is 0 Å². The van der Waals surface area contributed by atoms with Gasteiger partial charge < -0.3 is 0 Å². The zero-order valence-corrected chi connectivity index (χ0v) is 4.76. The van der Waals surface area contributed by atoms with Crippen LogP contribution in [0.1, 0.15) is 19.0 Å². The Morgan fingerprint density at radius 2 is 2.75 bits per heavy atom. The van der Waals surface area contributed by atoms with Crippen molar-refractivity contribution in [2.75, 3.05) is 0 Å². The molecule has 0 fully saturated rings. The minimum atomic E-state index is 0.993. The third kappa shape index (κ3) is 1.05. The van der Waals surface area contributed by atoms with Gasteiger partial charge in [0.2, 0.25) is 0 Å². The standard InChI is InChI=1S/C5H8N3/c1-2-3-5-4-6-8-7-5/h3-4H,2H2,1H3,(H,6,7,8). The lowest BCUT2D eigenvalue weighted by molar-refractivity contribution is 0.923. The zero-order chi connectivity index (χ0) is 5.82. The van der Waals surface area contributed by atoms with Crippen LogP contribution in [-0.4, -0.2) is 15.4 Å². The first-order chi connectivity index (χ1) is 3.93. The van der Waals surface area contributed by atoms with Crippen LogP contribution in [0, 0.1) is 6.42 Å². The van der Waals surface area contributed by atoms with Crippen LogP contribution in [0.25, 0.3) is 0 Å². The maximum absolute atomic E-state index is 3.60. The van der Waals surface area contributed by atoms with E-state index in [-0.39, 0.29) is 0 Å². The molecule has 0 unspecified atom stereocenters. The van der Waals surface area contributed by atoms with Crippen LogP contribution in [0.5, 0.6) is 0 Å². The summed E-state index contributed by atoms with van der Waals surface area (Å²) in [5, 5.41) is 9.86. The molecule has 0 aliphatic heterocycles. The van der Waals surface area contributed by atoms with E-state index in [0.29, 0.717) is 0 Å². The van der Waals surface area contributed by atoms with E-state index >= 15 is 0 Å². The SMILES string of the molecule is CC[CH]c1cnn[nH]1. The highest BCUT2D eigenvalue weighted by Crippen LogP contribution is 1.95. The van der Waals surface area contributed by atoms with Crippen molar-refractivity contribution in [1.82, 2.24) is 15.4 Å². The van der Waals surface area contributed by atoms with Crippen molar-refractivity contribution in [2.45, 2.75) is 13.3 Å². The second-order valence-electron chi connectivity index (χ2n) is 1.52. The molecule has 1 heterocycles. The Morgan fingerprint density at radius 3 is 3.25 bits per heavy atom. The zero-order valence-electron chi connectivity index (χ0n) is 4.76. The molecule has 3 nitrogen and oxygen atoms in total. The number of aromatic amines is 1. The summed E-state index contributed by atoms with van der Waals surface area (Å²) in [7, 11) is 0. The van der Waals surface area contributed by atoms with Crippen molar-refractivity contribution in [3.63, 3.8) is 0 Å². The molecule has 0 amide bonds. The average molecular weight is 110 g/mol. The predicted molar refractivity (Wildman–Crippen MR) is 30.1 cm³/mol. The highest BCUT2D eigenvalue weighted by Gasteiger charge is 1.88. The van der Waals surface area contributed by atoms with Crippen molar-refractivity contribution < 1.29 is 0 Å². The summed E-state index contributed by atoms with van der Waals surface area (Å²) in [5.41, 5.74) is 0.993. The van der Waals surface area contributed by atoms with Crippen molar-refractivity contribution in [1.29, 1.82) is 0 Å². The summed E-state index contributed by atoms with van der Waals surface area (Å²) in [6.07, 6.45) is 4.74. The van der Waals surface area contributed by atoms with Gasteiger partial charge in [0.1, 0.15) is 0 Å². The predicted octanol–water partition coefficient (Wildman–Crippen LogP) is 0.767. The molecule has 0 aromatic carbocycles. The number of hydrogen-bond donors (Lipinski definition) is 1. The maximum Gasteiger partial charge on any atom is 0.0725 e. The Kier molecular flexibility index (Phi) is 1.62. The minimum absolute atomic E-state index is 0.993. The molecule has 0 atom stereocenters. The second kappa shape index (κ2) is 2.45. The molecule has 1 N–H and O–H groups in total. The maximum atomic E-state index is 3.60. The van der Waals surface area contributed by atoms with E-state index in [1.165, 1.54) is 0 Å². The van der Waals surface area contributed by atoms with Gasteiger partial charge in [-0.05, 0) is 6.42 Å². The lowest BCUT2D eigenvalue weighted by Crippen LogP contribution is -1.77. The van der Waals surface area contributed by atoms with E-state index in [0.717, 1.165) is 12.1 Å². The molecular formula is C5H8N3. The number of nitrogens with one attached hydrogen (secondary N) is 1. The number of nitrogens with zero attached hydrogens (tertiary/aromatic N) is 2. The van der Waals surface area contributed by atoms with E-state index in [2.05, 4.69) is 22.3 Å². The van der Waals surface area contributed by atoms with Crippen LogP contribution >= 0.6 is 0 Å². The van der Waals surface area contributed by atoms with E-state index in [4.69, 9.17) is 0 Å².